The highest BCUT2D eigenvalue weighted by atomic mass is 16.5. The fraction of sp³-hybridized carbons (Fsp3) is 0.310. The van der Waals surface area contributed by atoms with Gasteiger partial charge in [-0.3, -0.25) is 14.7 Å². The minimum absolute atomic E-state index is 0.156. The summed E-state index contributed by atoms with van der Waals surface area (Å²) in [7, 11) is 1.46. The van der Waals surface area contributed by atoms with Crippen LogP contribution in [0, 0.1) is 6.92 Å². The molecule has 6 heteroatoms. The van der Waals surface area contributed by atoms with Crippen LogP contribution in [0.15, 0.2) is 67.1 Å². The van der Waals surface area contributed by atoms with Gasteiger partial charge in [-0.25, -0.2) is 9.97 Å². The molecule has 3 heterocycles. The highest BCUT2D eigenvalue weighted by Gasteiger charge is 2.29. The molecule has 1 fully saturated rings. The number of fused-ring (bicyclic) bond motifs is 1. The van der Waals surface area contributed by atoms with Crippen LogP contribution in [-0.2, 0) is 22.5 Å². The summed E-state index contributed by atoms with van der Waals surface area (Å²) in [6.07, 6.45) is 7.18. The maximum Gasteiger partial charge on any atom is 0.323 e. The number of carbonyl (C=O) groups is 1. The molecule has 0 radical (unpaired) electrons. The number of ether oxygens (including phenoxy) is 1. The molecule has 1 saturated heterocycles. The number of aromatic nitrogens is 3. The van der Waals surface area contributed by atoms with E-state index >= 15 is 0 Å². The number of pyridine rings is 1. The normalized spacial score (nSPS) is 16.3. The largest absolute Gasteiger partial charge is 0.468 e. The van der Waals surface area contributed by atoms with Gasteiger partial charge >= 0.3 is 5.97 Å². The molecule has 5 rings (SSSR count). The molecule has 0 bridgehead atoms. The summed E-state index contributed by atoms with van der Waals surface area (Å²) in [4.78, 5) is 28.3. The van der Waals surface area contributed by atoms with E-state index in [1.807, 2.05) is 12.3 Å². The highest BCUT2D eigenvalue weighted by Crippen LogP contribution is 2.28. The molecule has 35 heavy (non-hydrogen) atoms. The molecule has 0 N–H and O–H groups in total. The number of hydrogen-bond acceptors (Lipinski definition) is 6. The van der Waals surface area contributed by atoms with Gasteiger partial charge in [-0.2, -0.15) is 0 Å². The van der Waals surface area contributed by atoms with Crippen molar-refractivity contribution in [3.8, 4) is 11.1 Å². The molecule has 1 unspecified atom stereocenters. The summed E-state index contributed by atoms with van der Waals surface area (Å²) in [5, 5.41) is 0. The lowest BCUT2D eigenvalue weighted by Crippen LogP contribution is -2.44. The Bertz CT molecular complexity index is 1340. The van der Waals surface area contributed by atoms with Crippen LogP contribution in [0.4, 0.5) is 0 Å². The van der Waals surface area contributed by atoms with Crippen molar-refractivity contribution in [1.82, 2.24) is 19.9 Å². The number of rotatable bonds is 6. The van der Waals surface area contributed by atoms with Crippen LogP contribution in [0.25, 0.3) is 22.2 Å². The second kappa shape index (κ2) is 10.3. The Morgan fingerprint density at radius 3 is 2.74 bits per heavy atom. The SMILES string of the molecule is COC(=O)C1CCCCN1Cc1cnc2c(Cc3cccc(-c4ccccc4)c3C)ncnc2c1. The number of methoxy groups -OCH3 is 1. The number of nitrogens with zero attached hydrogens (tertiary/aromatic N) is 4. The average Bonchev–Trinajstić information content (AvgIpc) is 2.90. The Kier molecular flexibility index (Phi) is 6.82. The van der Waals surface area contributed by atoms with Gasteiger partial charge in [0.25, 0.3) is 0 Å². The zero-order valence-electron chi connectivity index (χ0n) is 20.3. The summed E-state index contributed by atoms with van der Waals surface area (Å²) >= 11 is 0. The van der Waals surface area contributed by atoms with Gasteiger partial charge in [-0.15, -0.1) is 0 Å². The van der Waals surface area contributed by atoms with E-state index in [9.17, 15) is 4.79 Å². The predicted molar refractivity (Wildman–Crippen MR) is 137 cm³/mol. The molecule has 2 aromatic heterocycles. The second-order valence-electron chi connectivity index (χ2n) is 9.17. The van der Waals surface area contributed by atoms with Gasteiger partial charge in [0.2, 0.25) is 0 Å². The fourth-order valence-electron chi connectivity index (χ4n) is 5.06. The van der Waals surface area contributed by atoms with Gasteiger partial charge in [0.1, 0.15) is 17.9 Å². The van der Waals surface area contributed by atoms with E-state index in [2.05, 4.69) is 70.3 Å². The molecular formula is C29H30N4O2. The minimum atomic E-state index is -0.190. The van der Waals surface area contributed by atoms with Crippen molar-refractivity contribution in [2.24, 2.45) is 0 Å². The van der Waals surface area contributed by atoms with Gasteiger partial charge < -0.3 is 4.74 Å². The number of carbonyl (C=O) groups excluding carboxylic acids is 1. The van der Waals surface area contributed by atoms with E-state index in [0.29, 0.717) is 13.0 Å². The molecule has 1 aliphatic rings. The van der Waals surface area contributed by atoms with Crippen LogP contribution >= 0.6 is 0 Å². The Hall–Kier alpha value is -3.64. The molecule has 4 aromatic rings. The number of esters is 1. The third-order valence-electron chi connectivity index (χ3n) is 6.97. The second-order valence-corrected chi connectivity index (χ2v) is 9.17. The topological polar surface area (TPSA) is 68.2 Å². The van der Waals surface area contributed by atoms with Crippen molar-refractivity contribution in [1.29, 1.82) is 0 Å². The molecule has 0 spiro atoms. The molecule has 0 saturated carbocycles. The minimum Gasteiger partial charge on any atom is -0.468 e. The Morgan fingerprint density at radius 1 is 1.06 bits per heavy atom. The number of hydrogen-bond donors (Lipinski definition) is 0. The van der Waals surface area contributed by atoms with Crippen molar-refractivity contribution in [2.45, 2.75) is 45.2 Å². The highest BCUT2D eigenvalue weighted by molar-refractivity contribution is 5.78. The lowest BCUT2D eigenvalue weighted by atomic mass is 9.94. The van der Waals surface area contributed by atoms with Crippen LogP contribution in [0.2, 0.25) is 0 Å². The Morgan fingerprint density at radius 2 is 1.91 bits per heavy atom. The molecule has 178 valence electrons. The predicted octanol–water partition coefficient (Wildman–Crippen LogP) is 5.12. The molecule has 1 atom stereocenters. The first kappa shape index (κ1) is 23.1. The van der Waals surface area contributed by atoms with Crippen LogP contribution in [0.5, 0.6) is 0 Å². The number of likely N-dealkylation sites (tertiary alicyclic amines) is 1. The molecule has 0 aliphatic carbocycles. The molecule has 2 aromatic carbocycles. The summed E-state index contributed by atoms with van der Waals surface area (Å²) in [6, 6.07) is 18.8. The quantitative estimate of drug-likeness (QED) is 0.368. The van der Waals surface area contributed by atoms with Gasteiger partial charge in [-0.1, -0.05) is 55.0 Å². The maximum atomic E-state index is 12.2. The van der Waals surface area contributed by atoms with E-state index in [-0.39, 0.29) is 12.0 Å². The number of piperidine rings is 1. The molecule has 0 amide bonds. The summed E-state index contributed by atoms with van der Waals surface area (Å²) in [5.41, 5.74) is 8.54. The fourth-order valence-corrected chi connectivity index (χ4v) is 5.06. The van der Waals surface area contributed by atoms with Crippen LogP contribution in [0.1, 0.15) is 41.6 Å². The number of benzene rings is 2. The average molecular weight is 467 g/mol. The maximum absolute atomic E-state index is 12.2. The Labute approximate surface area is 206 Å². The van der Waals surface area contributed by atoms with Crippen molar-refractivity contribution >= 4 is 17.0 Å². The Balaban J connectivity index is 1.41. The third-order valence-corrected chi connectivity index (χ3v) is 6.97. The van der Waals surface area contributed by atoms with E-state index in [4.69, 9.17) is 9.72 Å². The van der Waals surface area contributed by atoms with E-state index in [1.165, 1.54) is 29.4 Å². The van der Waals surface area contributed by atoms with Gasteiger partial charge in [0.15, 0.2) is 0 Å². The molecule has 1 aliphatic heterocycles. The van der Waals surface area contributed by atoms with Gasteiger partial charge in [0, 0.05) is 19.2 Å². The van der Waals surface area contributed by atoms with Crippen LogP contribution in [0.3, 0.4) is 0 Å². The lowest BCUT2D eigenvalue weighted by molar-refractivity contribution is -0.148. The first-order valence-corrected chi connectivity index (χ1v) is 12.2. The van der Waals surface area contributed by atoms with Crippen molar-refractivity contribution < 1.29 is 9.53 Å². The summed E-state index contributed by atoms with van der Waals surface area (Å²) < 4.78 is 5.03. The van der Waals surface area contributed by atoms with Crippen LogP contribution in [-0.4, -0.2) is 45.5 Å². The molecule has 6 nitrogen and oxygen atoms in total. The first-order chi connectivity index (χ1) is 17.1. The first-order valence-electron chi connectivity index (χ1n) is 12.2. The third kappa shape index (κ3) is 4.93. The van der Waals surface area contributed by atoms with Crippen molar-refractivity contribution in [2.75, 3.05) is 13.7 Å². The van der Waals surface area contributed by atoms with E-state index in [0.717, 1.165) is 48.1 Å². The van der Waals surface area contributed by atoms with Gasteiger partial charge in [-0.05, 0) is 60.2 Å². The van der Waals surface area contributed by atoms with Gasteiger partial charge in [0.05, 0.1) is 18.3 Å². The molecular weight excluding hydrogens is 436 g/mol. The smallest absolute Gasteiger partial charge is 0.323 e. The van der Waals surface area contributed by atoms with E-state index < -0.39 is 0 Å². The summed E-state index contributed by atoms with van der Waals surface area (Å²) in [6.45, 7) is 3.70. The van der Waals surface area contributed by atoms with Crippen LogP contribution < -0.4 is 0 Å². The summed E-state index contributed by atoms with van der Waals surface area (Å²) in [5.74, 6) is -0.156. The monoisotopic (exact) mass is 466 g/mol. The lowest BCUT2D eigenvalue weighted by Gasteiger charge is -2.33. The standard InChI is InChI=1S/C29H30N4O2/c1-20-23(11-8-12-24(20)22-9-4-3-5-10-22)16-26-28-25(31-19-32-26)15-21(17-30-28)18-33-14-7-6-13-27(33)29(34)35-2/h3-5,8-12,15,17,19,27H,6-7,13-14,16,18H2,1-2H3. The zero-order valence-corrected chi connectivity index (χ0v) is 20.3. The van der Waals surface area contributed by atoms with Crippen molar-refractivity contribution in [3.05, 3.63) is 89.5 Å². The zero-order chi connectivity index (χ0) is 24.2. The van der Waals surface area contributed by atoms with E-state index in [1.54, 1.807) is 6.33 Å². The van der Waals surface area contributed by atoms with Crippen molar-refractivity contribution in [3.63, 3.8) is 0 Å².